The first-order valence-electron chi connectivity index (χ1n) is 5.01. The molecule has 0 aliphatic carbocycles. The van der Waals surface area contributed by atoms with Gasteiger partial charge in [0.25, 0.3) is 0 Å². The molecule has 0 rings (SSSR count). The van der Waals surface area contributed by atoms with Crippen molar-refractivity contribution in [2.45, 2.75) is 52.1 Å². The first-order chi connectivity index (χ1) is 5.72. The summed E-state index contributed by atoms with van der Waals surface area (Å²) in [7, 11) is 0. The van der Waals surface area contributed by atoms with E-state index >= 15 is 0 Å². The molecule has 2 unspecified atom stereocenters. The van der Waals surface area contributed by atoms with Crippen LogP contribution in [0.5, 0.6) is 0 Å². The number of aliphatic hydroxyl groups is 2. The van der Waals surface area contributed by atoms with Crippen LogP contribution in [0.4, 0.5) is 0 Å². The highest BCUT2D eigenvalue weighted by molar-refractivity contribution is 4.63. The van der Waals surface area contributed by atoms with Gasteiger partial charge in [-0.1, -0.05) is 33.1 Å². The van der Waals surface area contributed by atoms with Crippen LogP contribution in [0.15, 0.2) is 0 Å². The highest BCUT2D eigenvalue weighted by atomic mass is 16.3. The van der Waals surface area contributed by atoms with E-state index in [9.17, 15) is 5.11 Å². The van der Waals surface area contributed by atoms with Crippen molar-refractivity contribution in [1.29, 1.82) is 0 Å². The number of hydrogen-bond acceptors (Lipinski definition) is 2. The molecular formula is C10H22O2. The summed E-state index contributed by atoms with van der Waals surface area (Å²) in [5.41, 5.74) is 0. The Morgan fingerprint density at radius 2 is 1.83 bits per heavy atom. The first kappa shape index (κ1) is 11.9. The lowest BCUT2D eigenvalue weighted by Gasteiger charge is -2.17. The minimum absolute atomic E-state index is 0.0965. The van der Waals surface area contributed by atoms with E-state index in [1.54, 1.807) is 0 Å². The summed E-state index contributed by atoms with van der Waals surface area (Å²) in [6, 6.07) is 0. The predicted molar refractivity (Wildman–Crippen MR) is 51.0 cm³/mol. The first-order valence-corrected chi connectivity index (χ1v) is 5.01. The van der Waals surface area contributed by atoms with Crippen LogP contribution in [0.25, 0.3) is 0 Å². The Morgan fingerprint density at radius 1 is 1.17 bits per heavy atom. The molecule has 0 heterocycles. The molecule has 0 aromatic rings. The molecule has 2 N–H and O–H groups in total. The van der Waals surface area contributed by atoms with Crippen molar-refractivity contribution in [2.75, 3.05) is 6.61 Å². The van der Waals surface area contributed by atoms with Crippen molar-refractivity contribution < 1.29 is 10.2 Å². The van der Waals surface area contributed by atoms with Gasteiger partial charge in [-0.25, -0.2) is 0 Å². The Balaban J connectivity index is 3.35. The van der Waals surface area contributed by atoms with E-state index in [2.05, 4.69) is 13.8 Å². The van der Waals surface area contributed by atoms with E-state index in [0.29, 0.717) is 12.3 Å². The highest BCUT2D eigenvalue weighted by Gasteiger charge is 2.12. The fourth-order valence-electron chi connectivity index (χ4n) is 1.33. The Kier molecular flexibility index (Phi) is 7.51. The molecule has 0 radical (unpaired) electrons. The Labute approximate surface area is 75.6 Å². The fourth-order valence-corrected chi connectivity index (χ4v) is 1.33. The quantitative estimate of drug-likeness (QED) is 0.579. The Bertz CT molecular complexity index is 93.8. The van der Waals surface area contributed by atoms with Gasteiger partial charge >= 0.3 is 0 Å². The van der Waals surface area contributed by atoms with Gasteiger partial charge in [0.15, 0.2) is 0 Å². The van der Waals surface area contributed by atoms with E-state index in [-0.39, 0.29) is 12.7 Å². The van der Waals surface area contributed by atoms with Gasteiger partial charge in [0.2, 0.25) is 0 Å². The lowest BCUT2D eigenvalue weighted by Crippen LogP contribution is -2.18. The van der Waals surface area contributed by atoms with E-state index in [0.717, 1.165) is 6.42 Å². The zero-order chi connectivity index (χ0) is 9.40. The van der Waals surface area contributed by atoms with Crippen LogP contribution in [0.2, 0.25) is 0 Å². The average Bonchev–Trinajstić information content (AvgIpc) is 2.05. The normalized spacial score (nSPS) is 16.0. The van der Waals surface area contributed by atoms with E-state index < -0.39 is 0 Å². The SMILES string of the molecule is CCCCCC(C)C(O)CCO. The molecule has 12 heavy (non-hydrogen) atoms. The van der Waals surface area contributed by atoms with Crippen LogP contribution in [0, 0.1) is 5.92 Å². The third-order valence-electron chi connectivity index (χ3n) is 2.34. The van der Waals surface area contributed by atoms with Crippen molar-refractivity contribution in [3.63, 3.8) is 0 Å². The van der Waals surface area contributed by atoms with E-state index in [1.165, 1.54) is 19.3 Å². The van der Waals surface area contributed by atoms with Crippen molar-refractivity contribution >= 4 is 0 Å². The van der Waals surface area contributed by atoms with Gasteiger partial charge in [-0.3, -0.25) is 0 Å². The smallest absolute Gasteiger partial charge is 0.0587 e. The predicted octanol–water partition coefficient (Wildman–Crippen LogP) is 1.95. The van der Waals surface area contributed by atoms with Crippen molar-refractivity contribution in [3.05, 3.63) is 0 Å². The van der Waals surface area contributed by atoms with E-state index in [1.807, 2.05) is 0 Å². The van der Waals surface area contributed by atoms with Gasteiger partial charge in [-0.15, -0.1) is 0 Å². The van der Waals surface area contributed by atoms with Crippen LogP contribution < -0.4 is 0 Å². The average molecular weight is 174 g/mol. The molecule has 2 nitrogen and oxygen atoms in total. The summed E-state index contributed by atoms with van der Waals surface area (Å²) in [5.74, 6) is 0.337. The van der Waals surface area contributed by atoms with Crippen LogP contribution >= 0.6 is 0 Å². The van der Waals surface area contributed by atoms with Gasteiger partial charge in [0.1, 0.15) is 0 Å². The molecule has 0 aromatic carbocycles. The van der Waals surface area contributed by atoms with Gasteiger partial charge < -0.3 is 10.2 Å². The van der Waals surface area contributed by atoms with Crippen molar-refractivity contribution in [2.24, 2.45) is 5.92 Å². The molecule has 2 heteroatoms. The molecule has 2 atom stereocenters. The Morgan fingerprint density at radius 3 is 2.33 bits per heavy atom. The van der Waals surface area contributed by atoms with Crippen LogP contribution in [0.1, 0.15) is 46.0 Å². The Hall–Kier alpha value is -0.0800. The molecule has 0 aliphatic rings. The largest absolute Gasteiger partial charge is 0.396 e. The monoisotopic (exact) mass is 174 g/mol. The zero-order valence-corrected chi connectivity index (χ0v) is 8.29. The third kappa shape index (κ3) is 5.56. The second kappa shape index (κ2) is 7.56. The number of unbranched alkanes of at least 4 members (excludes halogenated alkanes) is 2. The summed E-state index contributed by atoms with van der Waals surface area (Å²) in [6.07, 6.45) is 4.95. The summed E-state index contributed by atoms with van der Waals surface area (Å²) in [4.78, 5) is 0. The van der Waals surface area contributed by atoms with Crippen molar-refractivity contribution in [3.8, 4) is 0 Å². The molecule has 0 saturated carbocycles. The molecule has 0 aliphatic heterocycles. The highest BCUT2D eigenvalue weighted by Crippen LogP contribution is 2.15. The lowest BCUT2D eigenvalue weighted by molar-refractivity contribution is 0.0811. The topological polar surface area (TPSA) is 40.5 Å². The summed E-state index contributed by atoms with van der Waals surface area (Å²) >= 11 is 0. The summed E-state index contributed by atoms with van der Waals surface area (Å²) < 4.78 is 0. The molecule has 74 valence electrons. The van der Waals surface area contributed by atoms with E-state index in [4.69, 9.17) is 5.11 Å². The molecule has 0 fully saturated rings. The molecule has 0 spiro atoms. The summed E-state index contributed by atoms with van der Waals surface area (Å²) in [6.45, 7) is 4.32. The minimum atomic E-state index is -0.313. The third-order valence-corrected chi connectivity index (χ3v) is 2.34. The molecule has 0 amide bonds. The van der Waals surface area contributed by atoms with Crippen LogP contribution in [-0.2, 0) is 0 Å². The maximum Gasteiger partial charge on any atom is 0.0587 e. The molecule has 0 bridgehead atoms. The molecular weight excluding hydrogens is 152 g/mol. The second-order valence-corrected chi connectivity index (χ2v) is 3.55. The number of hydrogen-bond donors (Lipinski definition) is 2. The lowest BCUT2D eigenvalue weighted by atomic mass is 9.96. The maximum atomic E-state index is 9.46. The zero-order valence-electron chi connectivity index (χ0n) is 8.29. The molecule has 0 saturated heterocycles. The van der Waals surface area contributed by atoms with Gasteiger partial charge in [0, 0.05) is 6.61 Å². The number of rotatable bonds is 7. The van der Waals surface area contributed by atoms with Gasteiger partial charge in [0.05, 0.1) is 6.10 Å². The van der Waals surface area contributed by atoms with Gasteiger partial charge in [-0.2, -0.15) is 0 Å². The fraction of sp³-hybridized carbons (Fsp3) is 1.00. The molecule has 0 aromatic heterocycles. The van der Waals surface area contributed by atoms with Crippen LogP contribution in [-0.4, -0.2) is 22.9 Å². The minimum Gasteiger partial charge on any atom is -0.396 e. The van der Waals surface area contributed by atoms with Crippen LogP contribution in [0.3, 0.4) is 0 Å². The standard InChI is InChI=1S/C10H22O2/c1-3-4-5-6-9(2)10(12)7-8-11/h9-12H,3-8H2,1-2H3. The van der Waals surface area contributed by atoms with Gasteiger partial charge in [-0.05, 0) is 18.8 Å². The summed E-state index contributed by atoms with van der Waals surface area (Å²) in [5, 5.41) is 18.1. The second-order valence-electron chi connectivity index (χ2n) is 3.55. The van der Waals surface area contributed by atoms with Crippen molar-refractivity contribution in [1.82, 2.24) is 0 Å². The number of aliphatic hydroxyl groups excluding tert-OH is 2. The maximum absolute atomic E-state index is 9.46.